The Hall–Kier alpha value is -2.81. The van der Waals surface area contributed by atoms with Gasteiger partial charge < -0.3 is 10.2 Å². The molecule has 0 saturated carbocycles. The van der Waals surface area contributed by atoms with Crippen LogP contribution in [0.15, 0.2) is 48.5 Å². The van der Waals surface area contributed by atoms with E-state index in [4.69, 9.17) is 0 Å². The standard InChI is InChI=1S/C19H14O3/c20-17-13-7-3-4-8-14(13)19(22)16-15(17)10-9-11-5-1-2-6-12(11)18(16)21/h1-8,20,22H,9-10H2. The summed E-state index contributed by atoms with van der Waals surface area (Å²) in [5.74, 6) is -0.156. The number of hydrogen-bond donors (Lipinski definition) is 2. The number of fused-ring (bicyclic) bond motifs is 3. The van der Waals surface area contributed by atoms with Crippen molar-refractivity contribution in [2.45, 2.75) is 12.8 Å². The van der Waals surface area contributed by atoms with Crippen molar-refractivity contribution < 1.29 is 15.0 Å². The van der Waals surface area contributed by atoms with Gasteiger partial charge in [0.05, 0.1) is 5.56 Å². The van der Waals surface area contributed by atoms with E-state index in [1.165, 1.54) is 0 Å². The maximum atomic E-state index is 12.9. The number of carbonyl (C=O) groups excluding carboxylic acids is 1. The second-order valence-corrected chi connectivity index (χ2v) is 5.58. The highest BCUT2D eigenvalue weighted by molar-refractivity contribution is 6.17. The van der Waals surface area contributed by atoms with Crippen molar-refractivity contribution in [3.63, 3.8) is 0 Å². The first-order chi connectivity index (χ1) is 10.7. The Morgan fingerprint density at radius 1 is 0.773 bits per heavy atom. The molecule has 3 nitrogen and oxygen atoms in total. The molecular weight excluding hydrogens is 276 g/mol. The number of carbonyl (C=O) groups is 1. The molecule has 1 aliphatic carbocycles. The first-order valence-electron chi connectivity index (χ1n) is 7.26. The molecule has 0 aromatic heterocycles. The van der Waals surface area contributed by atoms with Gasteiger partial charge in [-0.1, -0.05) is 48.5 Å². The minimum absolute atomic E-state index is 0.0369. The zero-order valence-electron chi connectivity index (χ0n) is 11.8. The highest BCUT2D eigenvalue weighted by Crippen LogP contribution is 2.42. The minimum atomic E-state index is -0.221. The summed E-state index contributed by atoms with van der Waals surface area (Å²) in [6, 6.07) is 14.5. The molecule has 108 valence electrons. The molecule has 1 aliphatic rings. The zero-order chi connectivity index (χ0) is 15.3. The fourth-order valence-corrected chi connectivity index (χ4v) is 3.30. The van der Waals surface area contributed by atoms with E-state index in [0.717, 1.165) is 5.56 Å². The minimum Gasteiger partial charge on any atom is -0.507 e. The van der Waals surface area contributed by atoms with Crippen LogP contribution >= 0.6 is 0 Å². The summed E-state index contributed by atoms with van der Waals surface area (Å²) in [7, 11) is 0. The molecule has 4 rings (SSSR count). The Bertz CT molecular complexity index is 925. The molecule has 3 aromatic carbocycles. The van der Waals surface area contributed by atoms with Crippen LogP contribution in [0.5, 0.6) is 11.5 Å². The molecule has 0 bridgehead atoms. The number of phenolic OH excluding ortho intramolecular Hbond substituents is 2. The molecule has 0 unspecified atom stereocenters. The predicted octanol–water partition coefficient (Wildman–Crippen LogP) is 3.58. The summed E-state index contributed by atoms with van der Waals surface area (Å²) in [6.07, 6.45) is 1.20. The highest BCUT2D eigenvalue weighted by atomic mass is 16.3. The van der Waals surface area contributed by atoms with Crippen LogP contribution in [0, 0.1) is 0 Å². The van der Waals surface area contributed by atoms with Gasteiger partial charge in [-0.3, -0.25) is 4.79 Å². The van der Waals surface area contributed by atoms with Crippen LogP contribution < -0.4 is 0 Å². The number of hydrogen-bond acceptors (Lipinski definition) is 3. The smallest absolute Gasteiger partial charge is 0.197 e. The van der Waals surface area contributed by atoms with Crippen molar-refractivity contribution in [1.29, 1.82) is 0 Å². The molecule has 0 fully saturated rings. The molecule has 3 heteroatoms. The lowest BCUT2D eigenvalue weighted by atomic mass is 9.93. The van der Waals surface area contributed by atoms with Gasteiger partial charge in [0, 0.05) is 21.9 Å². The lowest BCUT2D eigenvalue weighted by Crippen LogP contribution is -2.05. The van der Waals surface area contributed by atoms with E-state index in [1.807, 2.05) is 18.2 Å². The summed E-state index contributed by atoms with van der Waals surface area (Å²) < 4.78 is 0. The molecule has 0 saturated heterocycles. The van der Waals surface area contributed by atoms with E-state index < -0.39 is 0 Å². The molecule has 0 radical (unpaired) electrons. The summed E-state index contributed by atoms with van der Waals surface area (Å²) in [5, 5.41) is 22.3. The molecule has 22 heavy (non-hydrogen) atoms. The zero-order valence-corrected chi connectivity index (χ0v) is 11.8. The topological polar surface area (TPSA) is 57.5 Å². The number of aromatic hydroxyl groups is 2. The van der Waals surface area contributed by atoms with Gasteiger partial charge in [0.15, 0.2) is 5.78 Å². The van der Waals surface area contributed by atoms with Gasteiger partial charge in [-0.2, -0.15) is 0 Å². The van der Waals surface area contributed by atoms with Crippen LogP contribution in [0.1, 0.15) is 27.0 Å². The second kappa shape index (κ2) is 4.60. The van der Waals surface area contributed by atoms with Crippen LogP contribution in [0.2, 0.25) is 0 Å². The van der Waals surface area contributed by atoms with Crippen molar-refractivity contribution in [3.05, 3.63) is 70.8 Å². The van der Waals surface area contributed by atoms with Crippen LogP contribution in [0.25, 0.3) is 10.8 Å². The molecule has 2 N–H and O–H groups in total. The highest BCUT2D eigenvalue weighted by Gasteiger charge is 2.28. The first kappa shape index (κ1) is 12.9. The van der Waals surface area contributed by atoms with Crippen LogP contribution in [-0.4, -0.2) is 16.0 Å². The van der Waals surface area contributed by atoms with Crippen molar-refractivity contribution in [2.75, 3.05) is 0 Å². The Morgan fingerprint density at radius 3 is 2.18 bits per heavy atom. The van der Waals surface area contributed by atoms with Crippen molar-refractivity contribution in [3.8, 4) is 11.5 Å². The monoisotopic (exact) mass is 290 g/mol. The fraction of sp³-hybridized carbons (Fsp3) is 0.105. The van der Waals surface area contributed by atoms with E-state index in [0.29, 0.717) is 34.7 Å². The molecule has 0 heterocycles. The van der Waals surface area contributed by atoms with Gasteiger partial charge in [-0.05, 0) is 18.4 Å². The summed E-state index contributed by atoms with van der Waals surface area (Å²) in [6.45, 7) is 0. The third-order valence-electron chi connectivity index (χ3n) is 4.40. The van der Waals surface area contributed by atoms with E-state index in [9.17, 15) is 15.0 Å². The van der Waals surface area contributed by atoms with Crippen LogP contribution in [0.3, 0.4) is 0 Å². The van der Waals surface area contributed by atoms with Gasteiger partial charge in [0.25, 0.3) is 0 Å². The Morgan fingerprint density at radius 2 is 1.41 bits per heavy atom. The predicted molar refractivity (Wildman–Crippen MR) is 84.6 cm³/mol. The van der Waals surface area contributed by atoms with Crippen molar-refractivity contribution in [2.24, 2.45) is 0 Å². The number of ketones is 1. The van der Waals surface area contributed by atoms with Crippen molar-refractivity contribution >= 4 is 16.6 Å². The number of phenols is 2. The maximum absolute atomic E-state index is 12.9. The number of benzene rings is 3. The molecule has 0 atom stereocenters. The van der Waals surface area contributed by atoms with E-state index >= 15 is 0 Å². The Balaban J connectivity index is 2.10. The lowest BCUT2D eigenvalue weighted by Gasteiger charge is -2.13. The molecule has 0 amide bonds. The average Bonchev–Trinajstić information content (AvgIpc) is 2.70. The van der Waals surface area contributed by atoms with Crippen LogP contribution in [0.4, 0.5) is 0 Å². The quantitative estimate of drug-likeness (QED) is 0.622. The first-order valence-corrected chi connectivity index (χ1v) is 7.26. The normalized spacial score (nSPS) is 13.5. The summed E-state index contributed by atoms with van der Waals surface area (Å²) >= 11 is 0. The molecular formula is C19H14O3. The summed E-state index contributed by atoms with van der Waals surface area (Å²) in [5.41, 5.74) is 2.33. The Kier molecular flexibility index (Phi) is 2.70. The average molecular weight is 290 g/mol. The fourth-order valence-electron chi connectivity index (χ4n) is 3.30. The van der Waals surface area contributed by atoms with Gasteiger partial charge in [-0.15, -0.1) is 0 Å². The van der Waals surface area contributed by atoms with Gasteiger partial charge in [0.1, 0.15) is 11.5 Å². The summed E-state index contributed by atoms with van der Waals surface area (Å²) in [4.78, 5) is 12.9. The second-order valence-electron chi connectivity index (χ2n) is 5.58. The Labute approximate surface area is 127 Å². The number of aryl methyl sites for hydroxylation is 1. The largest absolute Gasteiger partial charge is 0.507 e. The maximum Gasteiger partial charge on any atom is 0.197 e. The third kappa shape index (κ3) is 1.65. The van der Waals surface area contributed by atoms with Gasteiger partial charge in [0.2, 0.25) is 0 Å². The molecule has 0 aliphatic heterocycles. The third-order valence-corrected chi connectivity index (χ3v) is 4.40. The van der Waals surface area contributed by atoms with E-state index in [1.54, 1.807) is 30.3 Å². The van der Waals surface area contributed by atoms with Gasteiger partial charge >= 0.3 is 0 Å². The van der Waals surface area contributed by atoms with Crippen LogP contribution in [-0.2, 0) is 12.8 Å². The van der Waals surface area contributed by atoms with Gasteiger partial charge in [-0.25, -0.2) is 0 Å². The SMILES string of the molecule is O=C1c2ccccc2CCc2c1c(O)c1ccccc1c2O. The van der Waals surface area contributed by atoms with Crippen molar-refractivity contribution in [1.82, 2.24) is 0 Å². The molecule has 0 spiro atoms. The van der Waals surface area contributed by atoms with E-state index in [-0.39, 0.29) is 22.8 Å². The van der Waals surface area contributed by atoms with E-state index in [2.05, 4.69) is 0 Å². The number of rotatable bonds is 0. The lowest BCUT2D eigenvalue weighted by molar-refractivity contribution is 0.103. The molecule has 3 aromatic rings.